The smallest absolute Gasteiger partial charge is 0.203 e. The van der Waals surface area contributed by atoms with Gasteiger partial charge in [-0.1, -0.05) is 26.0 Å². The Morgan fingerprint density at radius 3 is 2.29 bits per heavy atom. The molecule has 2 aromatic heterocycles. The van der Waals surface area contributed by atoms with E-state index < -0.39 is 0 Å². The summed E-state index contributed by atoms with van der Waals surface area (Å²) < 4.78 is 18.2. The van der Waals surface area contributed by atoms with E-state index in [1.165, 1.54) is 0 Å². The number of ether oxygens (including phenoxy) is 3. The number of aromatic nitrogens is 4. The zero-order chi connectivity index (χ0) is 22.0. The highest BCUT2D eigenvalue weighted by Crippen LogP contribution is 2.39. The van der Waals surface area contributed by atoms with Gasteiger partial charge in [0.15, 0.2) is 11.5 Å². The Bertz CT molecular complexity index is 1190. The fourth-order valence-electron chi connectivity index (χ4n) is 3.31. The number of anilines is 2. The zero-order valence-corrected chi connectivity index (χ0v) is 18.2. The number of hydrogen-bond donors (Lipinski definition) is 1. The van der Waals surface area contributed by atoms with Crippen molar-refractivity contribution >= 4 is 22.5 Å². The number of imidazole rings is 1. The Morgan fingerprint density at radius 1 is 0.935 bits per heavy atom. The van der Waals surface area contributed by atoms with Crippen LogP contribution in [0.4, 0.5) is 11.6 Å². The summed E-state index contributed by atoms with van der Waals surface area (Å²) in [5, 5.41) is 4.28. The number of methoxy groups -OCH3 is 3. The minimum absolute atomic E-state index is 0.210. The molecule has 0 aliphatic carbocycles. The molecule has 0 saturated heterocycles. The maximum absolute atomic E-state index is 5.46. The molecule has 1 N–H and O–H groups in total. The predicted octanol–water partition coefficient (Wildman–Crippen LogP) is 4.71. The number of hydrogen-bond acceptors (Lipinski definition) is 7. The summed E-state index contributed by atoms with van der Waals surface area (Å²) >= 11 is 0. The summed E-state index contributed by atoms with van der Waals surface area (Å²) in [7, 11) is 4.76. The fourth-order valence-corrected chi connectivity index (χ4v) is 3.31. The molecule has 2 heterocycles. The highest BCUT2D eigenvalue weighted by molar-refractivity contribution is 5.90. The molecule has 2 aromatic carbocycles. The molecule has 4 aromatic rings. The van der Waals surface area contributed by atoms with E-state index in [2.05, 4.69) is 29.1 Å². The van der Waals surface area contributed by atoms with Crippen LogP contribution in [0.3, 0.4) is 0 Å². The number of nitrogens with zero attached hydrogens (tertiary/aromatic N) is 4. The summed E-state index contributed by atoms with van der Waals surface area (Å²) in [5.74, 6) is 4.07. The van der Waals surface area contributed by atoms with Gasteiger partial charge in [-0.05, 0) is 12.1 Å². The summed E-state index contributed by atoms with van der Waals surface area (Å²) in [4.78, 5) is 13.9. The molecule has 0 spiro atoms. The number of nitrogens with one attached hydrogen (secondary N) is 1. The second-order valence-electron chi connectivity index (χ2n) is 7.28. The Labute approximate surface area is 180 Å². The highest BCUT2D eigenvalue weighted by atomic mass is 16.5. The molecular formula is C23H25N5O3. The van der Waals surface area contributed by atoms with Crippen molar-refractivity contribution < 1.29 is 14.2 Å². The molecule has 0 bridgehead atoms. The van der Waals surface area contributed by atoms with E-state index in [0.717, 1.165) is 28.2 Å². The lowest BCUT2D eigenvalue weighted by Gasteiger charge is -2.14. The second-order valence-corrected chi connectivity index (χ2v) is 7.28. The Kier molecular flexibility index (Phi) is 5.62. The third kappa shape index (κ3) is 3.96. The quantitative estimate of drug-likeness (QED) is 0.464. The van der Waals surface area contributed by atoms with Crippen LogP contribution in [0.15, 0.2) is 48.9 Å². The van der Waals surface area contributed by atoms with E-state index in [0.29, 0.717) is 23.1 Å². The van der Waals surface area contributed by atoms with Crippen LogP contribution >= 0.6 is 0 Å². The van der Waals surface area contributed by atoms with Crippen LogP contribution in [-0.2, 0) is 0 Å². The van der Waals surface area contributed by atoms with Gasteiger partial charge in [-0.25, -0.2) is 15.0 Å². The SMILES string of the molecule is COc1cc(-n2cnc(Nc3nc(C(C)C)nc4ccccc34)c2)cc(OC)c1OC. The van der Waals surface area contributed by atoms with Gasteiger partial charge in [-0.3, -0.25) is 0 Å². The second kappa shape index (κ2) is 8.51. The molecule has 0 aliphatic rings. The Morgan fingerprint density at radius 2 is 1.65 bits per heavy atom. The van der Waals surface area contributed by atoms with Gasteiger partial charge in [0.05, 0.1) is 38.7 Å². The zero-order valence-electron chi connectivity index (χ0n) is 18.2. The van der Waals surface area contributed by atoms with E-state index in [-0.39, 0.29) is 5.92 Å². The third-order valence-electron chi connectivity index (χ3n) is 4.91. The van der Waals surface area contributed by atoms with Crippen molar-refractivity contribution in [3.8, 4) is 22.9 Å². The van der Waals surface area contributed by atoms with Crippen LogP contribution in [-0.4, -0.2) is 40.8 Å². The number of para-hydroxylation sites is 1. The lowest BCUT2D eigenvalue weighted by atomic mass is 10.1. The van der Waals surface area contributed by atoms with Gasteiger partial charge < -0.3 is 24.1 Å². The minimum atomic E-state index is 0.210. The van der Waals surface area contributed by atoms with Crippen LogP contribution in [0.5, 0.6) is 17.2 Å². The first-order valence-corrected chi connectivity index (χ1v) is 9.92. The number of rotatable bonds is 7. The van der Waals surface area contributed by atoms with E-state index in [1.807, 2.05) is 47.2 Å². The van der Waals surface area contributed by atoms with Crippen LogP contribution < -0.4 is 19.5 Å². The highest BCUT2D eigenvalue weighted by Gasteiger charge is 2.15. The van der Waals surface area contributed by atoms with Crippen LogP contribution in [0.25, 0.3) is 16.6 Å². The largest absolute Gasteiger partial charge is 0.493 e. The fraction of sp³-hybridized carbons (Fsp3) is 0.261. The lowest BCUT2D eigenvalue weighted by molar-refractivity contribution is 0.324. The molecule has 8 nitrogen and oxygen atoms in total. The summed E-state index contributed by atoms with van der Waals surface area (Å²) in [5.41, 5.74) is 1.72. The topological polar surface area (TPSA) is 83.3 Å². The monoisotopic (exact) mass is 419 g/mol. The maximum atomic E-state index is 5.46. The van der Waals surface area contributed by atoms with Crippen molar-refractivity contribution in [3.05, 3.63) is 54.7 Å². The van der Waals surface area contributed by atoms with Crippen molar-refractivity contribution in [1.82, 2.24) is 19.5 Å². The molecule has 31 heavy (non-hydrogen) atoms. The Balaban J connectivity index is 1.71. The first-order chi connectivity index (χ1) is 15.0. The molecule has 4 rings (SSSR count). The van der Waals surface area contributed by atoms with Gasteiger partial charge in [0, 0.05) is 23.4 Å². The summed E-state index contributed by atoms with van der Waals surface area (Å²) in [6.07, 6.45) is 3.60. The normalized spacial score (nSPS) is 11.0. The molecule has 0 fully saturated rings. The van der Waals surface area contributed by atoms with E-state index >= 15 is 0 Å². The van der Waals surface area contributed by atoms with Gasteiger partial charge in [0.25, 0.3) is 0 Å². The molecule has 0 atom stereocenters. The van der Waals surface area contributed by atoms with Crippen LogP contribution in [0, 0.1) is 0 Å². The van der Waals surface area contributed by atoms with Crippen molar-refractivity contribution in [1.29, 1.82) is 0 Å². The number of benzene rings is 2. The minimum Gasteiger partial charge on any atom is -0.493 e. The van der Waals surface area contributed by atoms with Crippen molar-refractivity contribution in [3.63, 3.8) is 0 Å². The van der Waals surface area contributed by atoms with Gasteiger partial charge >= 0.3 is 0 Å². The summed E-state index contributed by atoms with van der Waals surface area (Å²) in [6.45, 7) is 4.15. The average Bonchev–Trinajstić information content (AvgIpc) is 3.26. The Hall–Kier alpha value is -3.81. The van der Waals surface area contributed by atoms with E-state index in [1.54, 1.807) is 27.7 Å². The van der Waals surface area contributed by atoms with Gasteiger partial charge in [-0.15, -0.1) is 0 Å². The van der Waals surface area contributed by atoms with E-state index in [4.69, 9.17) is 19.2 Å². The van der Waals surface area contributed by atoms with E-state index in [9.17, 15) is 0 Å². The molecular weight excluding hydrogens is 394 g/mol. The predicted molar refractivity (Wildman–Crippen MR) is 120 cm³/mol. The van der Waals surface area contributed by atoms with Crippen molar-refractivity contribution in [2.45, 2.75) is 19.8 Å². The molecule has 0 saturated carbocycles. The first kappa shape index (κ1) is 20.5. The molecule has 160 valence electrons. The first-order valence-electron chi connectivity index (χ1n) is 9.92. The molecule has 8 heteroatoms. The van der Waals surface area contributed by atoms with Gasteiger partial charge in [0.2, 0.25) is 5.75 Å². The maximum Gasteiger partial charge on any atom is 0.203 e. The van der Waals surface area contributed by atoms with Gasteiger partial charge in [0.1, 0.15) is 23.8 Å². The van der Waals surface area contributed by atoms with Gasteiger partial charge in [-0.2, -0.15) is 0 Å². The molecule has 0 amide bonds. The standard InChI is InChI=1S/C23H25N5O3/c1-14(2)22-25-17-9-7-6-8-16(17)23(27-22)26-20-12-28(13-24-20)15-10-18(29-3)21(31-5)19(11-15)30-4/h6-14H,1-5H3,(H,25,26,27). The van der Waals surface area contributed by atoms with Crippen molar-refractivity contribution in [2.75, 3.05) is 26.6 Å². The van der Waals surface area contributed by atoms with Crippen LogP contribution in [0.1, 0.15) is 25.6 Å². The molecule has 0 unspecified atom stereocenters. The average molecular weight is 419 g/mol. The molecule has 0 aliphatic heterocycles. The molecule has 0 radical (unpaired) electrons. The van der Waals surface area contributed by atoms with Crippen molar-refractivity contribution in [2.24, 2.45) is 0 Å². The number of fused-ring (bicyclic) bond motifs is 1. The lowest BCUT2D eigenvalue weighted by Crippen LogP contribution is -2.03. The third-order valence-corrected chi connectivity index (χ3v) is 4.91. The van der Waals surface area contributed by atoms with Crippen LogP contribution in [0.2, 0.25) is 0 Å². The summed E-state index contributed by atoms with van der Waals surface area (Å²) in [6, 6.07) is 11.7.